The van der Waals surface area contributed by atoms with Crippen LogP contribution >= 0.6 is 0 Å². The van der Waals surface area contributed by atoms with Crippen LogP contribution in [0.15, 0.2) is 47.6 Å². The Hall–Kier alpha value is -3.09. The van der Waals surface area contributed by atoms with Gasteiger partial charge in [0, 0.05) is 11.1 Å². The second-order valence-corrected chi connectivity index (χ2v) is 4.29. The maximum atomic E-state index is 11.1. The van der Waals surface area contributed by atoms with Crippen LogP contribution in [0.1, 0.15) is 11.1 Å². The Morgan fingerprint density at radius 3 is 2.52 bits per heavy atom. The molecule has 0 amide bonds. The van der Waals surface area contributed by atoms with E-state index < -0.39 is 4.92 Å². The molecule has 0 heterocycles. The van der Waals surface area contributed by atoms with Gasteiger partial charge in [0.2, 0.25) is 5.75 Å². The molecule has 0 aromatic heterocycles. The molecule has 108 valence electrons. The van der Waals surface area contributed by atoms with Crippen molar-refractivity contribution in [1.29, 1.82) is 0 Å². The number of hydrogen-bond donors (Lipinski definition) is 2. The van der Waals surface area contributed by atoms with Gasteiger partial charge in [-0.2, -0.15) is 0 Å². The lowest BCUT2D eigenvalue weighted by Gasteiger charge is -2.08. The van der Waals surface area contributed by atoms with E-state index in [-0.39, 0.29) is 17.3 Å². The Morgan fingerprint density at radius 2 is 1.95 bits per heavy atom. The van der Waals surface area contributed by atoms with E-state index in [1.165, 1.54) is 6.07 Å². The Kier molecular flexibility index (Phi) is 4.03. The number of aryl methyl sites for hydroxylation is 1. The summed E-state index contributed by atoms with van der Waals surface area (Å²) in [6.45, 7) is 1.65. The molecule has 0 saturated carbocycles. The second-order valence-electron chi connectivity index (χ2n) is 4.29. The van der Waals surface area contributed by atoms with Crippen LogP contribution in [0, 0.1) is 17.0 Å². The first kappa shape index (κ1) is 14.3. The minimum absolute atomic E-state index is 0.0249. The van der Waals surface area contributed by atoms with Crippen molar-refractivity contribution in [1.82, 2.24) is 0 Å². The van der Waals surface area contributed by atoms with Crippen LogP contribution < -0.4 is 10.5 Å². The molecular formula is C14H13N3O4. The largest absolute Gasteiger partial charge is 0.450 e. The van der Waals surface area contributed by atoms with Gasteiger partial charge in [-0.15, -0.1) is 0 Å². The summed E-state index contributed by atoms with van der Waals surface area (Å²) in [7, 11) is 0. The first-order valence-corrected chi connectivity index (χ1v) is 6.02. The van der Waals surface area contributed by atoms with Crippen LogP contribution in [0.2, 0.25) is 0 Å². The second kappa shape index (κ2) is 5.91. The molecule has 0 aliphatic carbocycles. The average Bonchev–Trinajstić information content (AvgIpc) is 2.47. The van der Waals surface area contributed by atoms with Gasteiger partial charge in [0.15, 0.2) is 5.84 Å². The zero-order chi connectivity index (χ0) is 15.4. The summed E-state index contributed by atoms with van der Waals surface area (Å²) in [6, 6.07) is 11.2. The van der Waals surface area contributed by atoms with Crippen LogP contribution in [0.25, 0.3) is 0 Å². The maximum absolute atomic E-state index is 11.1. The number of benzene rings is 2. The quantitative estimate of drug-likeness (QED) is 0.295. The van der Waals surface area contributed by atoms with Crippen LogP contribution in [0.5, 0.6) is 11.5 Å². The number of ether oxygens (including phenoxy) is 1. The molecule has 0 saturated heterocycles. The highest BCUT2D eigenvalue weighted by atomic mass is 16.6. The van der Waals surface area contributed by atoms with E-state index >= 15 is 0 Å². The van der Waals surface area contributed by atoms with E-state index in [0.717, 1.165) is 0 Å². The number of nitro groups is 1. The summed E-state index contributed by atoms with van der Waals surface area (Å²) in [5, 5.41) is 22.5. The van der Waals surface area contributed by atoms with Gasteiger partial charge in [0.1, 0.15) is 5.75 Å². The van der Waals surface area contributed by atoms with Gasteiger partial charge in [-0.1, -0.05) is 17.3 Å². The minimum atomic E-state index is -0.477. The fraction of sp³-hybridized carbons (Fsp3) is 0.0714. The Labute approximate surface area is 120 Å². The third-order valence-electron chi connectivity index (χ3n) is 2.87. The van der Waals surface area contributed by atoms with Crippen molar-refractivity contribution in [3.8, 4) is 11.5 Å². The number of amidine groups is 1. The summed E-state index contributed by atoms with van der Waals surface area (Å²) in [5.41, 5.74) is 6.42. The summed E-state index contributed by atoms with van der Waals surface area (Å²) in [4.78, 5) is 10.6. The van der Waals surface area contributed by atoms with Crippen molar-refractivity contribution in [2.45, 2.75) is 6.92 Å². The lowest BCUT2D eigenvalue weighted by molar-refractivity contribution is -0.386. The molecule has 2 aromatic carbocycles. The SMILES string of the molecule is Cc1cccc(Oc2ccc(/C(N)=N/O)cc2)c1[N+](=O)[O-]. The highest BCUT2D eigenvalue weighted by Gasteiger charge is 2.18. The first-order valence-electron chi connectivity index (χ1n) is 6.02. The molecule has 0 unspecified atom stereocenters. The van der Waals surface area contributed by atoms with Crippen molar-refractivity contribution in [2.75, 3.05) is 0 Å². The zero-order valence-corrected chi connectivity index (χ0v) is 11.2. The van der Waals surface area contributed by atoms with Crippen LogP contribution in [0.3, 0.4) is 0 Å². The Bertz CT molecular complexity index is 696. The fourth-order valence-corrected chi connectivity index (χ4v) is 1.83. The van der Waals surface area contributed by atoms with Crippen LogP contribution in [0.4, 0.5) is 5.69 Å². The number of hydrogen-bond acceptors (Lipinski definition) is 5. The average molecular weight is 287 g/mol. The molecular weight excluding hydrogens is 274 g/mol. The predicted molar refractivity (Wildman–Crippen MR) is 76.9 cm³/mol. The van der Waals surface area contributed by atoms with E-state index in [9.17, 15) is 10.1 Å². The van der Waals surface area contributed by atoms with Crippen molar-refractivity contribution >= 4 is 11.5 Å². The van der Waals surface area contributed by atoms with Gasteiger partial charge >= 0.3 is 5.69 Å². The van der Waals surface area contributed by atoms with Crippen molar-refractivity contribution in [3.05, 3.63) is 63.7 Å². The molecule has 2 aromatic rings. The molecule has 0 spiro atoms. The molecule has 0 atom stereocenters. The molecule has 21 heavy (non-hydrogen) atoms. The highest BCUT2D eigenvalue weighted by Crippen LogP contribution is 2.33. The standard InChI is InChI=1S/C14H13N3O4/c1-9-3-2-4-12(13(9)17(19)20)21-11-7-5-10(6-8-11)14(15)16-18/h2-8,18H,1H3,(H2,15,16). The summed E-state index contributed by atoms with van der Waals surface area (Å²) < 4.78 is 5.54. The minimum Gasteiger partial charge on any atom is -0.450 e. The Balaban J connectivity index is 2.31. The molecule has 0 fully saturated rings. The van der Waals surface area contributed by atoms with Gasteiger partial charge < -0.3 is 15.7 Å². The number of nitrogens with two attached hydrogens (primary N) is 1. The summed E-state index contributed by atoms with van der Waals surface area (Å²) in [6.07, 6.45) is 0. The number of para-hydroxylation sites is 1. The normalized spacial score (nSPS) is 11.2. The zero-order valence-electron chi connectivity index (χ0n) is 11.2. The summed E-state index contributed by atoms with van der Waals surface area (Å²) in [5.74, 6) is 0.554. The van der Waals surface area contributed by atoms with Crippen LogP contribution in [-0.2, 0) is 0 Å². The number of oxime groups is 1. The number of rotatable bonds is 4. The molecule has 7 nitrogen and oxygen atoms in total. The van der Waals surface area contributed by atoms with E-state index in [2.05, 4.69) is 5.16 Å². The number of nitrogens with zero attached hydrogens (tertiary/aromatic N) is 2. The third kappa shape index (κ3) is 3.08. The first-order chi connectivity index (χ1) is 10.0. The molecule has 0 aliphatic rings. The van der Waals surface area contributed by atoms with Gasteiger partial charge in [-0.05, 0) is 37.3 Å². The predicted octanol–water partition coefficient (Wildman–Crippen LogP) is 2.79. The van der Waals surface area contributed by atoms with Gasteiger partial charge in [-0.25, -0.2) is 0 Å². The molecule has 7 heteroatoms. The van der Waals surface area contributed by atoms with Gasteiger partial charge in [0.05, 0.1) is 4.92 Å². The number of nitro benzene ring substituents is 1. The molecule has 0 bridgehead atoms. The molecule has 0 radical (unpaired) electrons. The van der Waals surface area contributed by atoms with Crippen LogP contribution in [-0.4, -0.2) is 16.0 Å². The molecule has 3 N–H and O–H groups in total. The van der Waals surface area contributed by atoms with Crippen molar-refractivity contribution in [2.24, 2.45) is 10.9 Å². The third-order valence-corrected chi connectivity index (χ3v) is 2.87. The maximum Gasteiger partial charge on any atom is 0.314 e. The lowest BCUT2D eigenvalue weighted by Crippen LogP contribution is -2.12. The highest BCUT2D eigenvalue weighted by molar-refractivity contribution is 5.97. The van der Waals surface area contributed by atoms with Crippen molar-refractivity contribution < 1.29 is 14.9 Å². The van der Waals surface area contributed by atoms with E-state index in [1.807, 2.05) is 0 Å². The fourth-order valence-electron chi connectivity index (χ4n) is 1.83. The lowest BCUT2D eigenvalue weighted by atomic mass is 10.2. The molecule has 2 rings (SSSR count). The Morgan fingerprint density at radius 1 is 1.29 bits per heavy atom. The smallest absolute Gasteiger partial charge is 0.314 e. The van der Waals surface area contributed by atoms with Gasteiger partial charge in [-0.3, -0.25) is 10.1 Å². The van der Waals surface area contributed by atoms with Crippen molar-refractivity contribution in [3.63, 3.8) is 0 Å². The topological polar surface area (TPSA) is 111 Å². The van der Waals surface area contributed by atoms with Gasteiger partial charge in [0.25, 0.3) is 0 Å². The van der Waals surface area contributed by atoms with E-state index in [1.54, 1.807) is 43.3 Å². The summed E-state index contributed by atoms with van der Waals surface area (Å²) >= 11 is 0. The van der Waals surface area contributed by atoms with E-state index in [0.29, 0.717) is 16.9 Å². The van der Waals surface area contributed by atoms with E-state index in [4.69, 9.17) is 15.7 Å². The monoisotopic (exact) mass is 287 g/mol. The molecule has 0 aliphatic heterocycles.